The van der Waals surface area contributed by atoms with Crippen LogP contribution >= 0.6 is 0 Å². The molecule has 8 nitrogen and oxygen atoms in total. The normalized spacial score (nSPS) is 24.2. The van der Waals surface area contributed by atoms with Crippen LogP contribution in [0.4, 0.5) is 0 Å². The summed E-state index contributed by atoms with van der Waals surface area (Å²) in [6, 6.07) is 12.6. The van der Waals surface area contributed by atoms with Crippen LogP contribution in [0, 0.1) is 5.92 Å². The van der Waals surface area contributed by atoms with E-state index in [0.717, 1.165) is 36.8 Å². The second-order valence-corrected chi connectivity index (χ2v) is 11.8. The highest BCUT2D eigenvalue weighted by Gasteiger charge is 2.49. The van der Waals surface area contributed by atoms with E-state index in [1.165, 1.54) is 4.90 Å². The highest BCUT2D eigenvalue weighted by atomic mass is 16.5. The fourth-order valence-corrected chi connectivity index (χ4v) is 5.91. The van der Waals surface area contributed by atoms with Gasteiger partial charge in [0, 0.05) is 22.6 Å². The molecule has 1 amide bonds. The molecule has 0 unspecified atom stereocenters. The Morgan fingerprint density at radius 2 is 1.92 bits per heavy atom. The zero-order valence-electron chi connectivity index (χ0n) is 23.6. The number of hydrogen-bond acceptors (Lipinski definition) is 6. The summed E-state index contributed by atoms with van der Waals surface area (Å²) in [6.07, 6.45) is 3.96. The summed E-state index contributed by atoms with van der Waals surface area (Å²) in [5, 5.41) is 19.8. The second-order valence-electron chi connectivity index (χ2n) is 11.8. The quantitative estimate of drug-likeness (QED) is 0.418. The second kappa shape index (κ2) is 11.6. The van der Waals surface area contributed by atoms with Gasteiger partial charge in [0.15, 0.2) is 0 Å². The van der Waals surface area contributed by atoms with E-state index in [4.69, 9.17) is 14.2 Å². The van der Waals surface area contributed by atoms with Gasteiger partial charge in [-0.2, -0.15) is 0 Å². The van der Waals surface area contributed by atoms with E-state index in [1.54, 1.807) is 31.4 Å². The molecule has 0 aliphatic carbocycles. The molecular weight excluding hydrogens is 498 g/mol. The summed E-state index contributed by atoms with van der Waals surface area (Å²) in [4.78, 5) is 26.7. The number of aliphatic hydroxyl groups is 1. The maximum Gasteiger partial charge on any atom is 0.323 e. The Kier molecular flexibility index (Phi) is 8.57. The molecule has 2 N–H and O–H groups in total. The van der Waals surface area contributed by atoms with Gasteiger partial charge >= 0.3 is 5.97 Å². The van der Waals surface area contributed by atoms with Crippen LogP contribution in [0.25, 0.3) is 0 Å². The zero-order chi connectivity index (χ0) is 28.4. The molecule has 4 rings (SSSR count). The van der Waals surface area contributed by atoms with E-state index in [9.17, 15) is 19.8 Å². The molecule has 212 valence electrons. The van der Waals surface area contributed by atoms with Crippen LogP contribution in [-0.2, 0) is 16.1 Å². The van der Waals surface area contributed by atoms with Crippen molar-refractivity contribution in [2.75, 3.05) is 13.7 Å². The van der Waals surface area contributed by atoms with Crippen molar-refractivity contribution in [2.45, 2.75) is 89.8 Å². The van der Waals surface area contributed by atoms with Crippen molar-refractivity contribution in [1.82, 2.24) is 4.90 Å². The Balaban J connectivity index is 1.63. The number of carboxylic acid groups (broad SMARTS) is 1. The van der Waals surface area contributed by atoms with E-state index in [2.05, 4.69) is 13.8 Å². The van der Waals surface area contributed by atoms with Crippen LogP contribution in [0.5, 0.6) is 11.5 Å². The Hall–Kier alpha value is -3.10. The first-order valence-electron chi connectivity index (χ1n) is 13.7. The van der Waals surface area contributed by atoms with Crippen LogP contribution in [0.15, 0.2) is 42.5 Å². The standard InChI is InChI=1S/C31H41NO7/c1-20-11-13-24-28(38-20)23-17-21(12-14-26(23)39-31(24,4)16-8-15-30(2,3)36)29(35)32(19-27(33)34)18-22-9-6-7-10-25(22)37-5/h6-7,9-10,12,14,17,20,24,28,36H,8,11,13,15-16,18-19H2,1-5H3,(H,33,34)/t20-,24-,28+,31-/m1/s1. The first kappa shape index (κ1) is 28.9. The lowest BCUT2D eigenvalue weighted by molar-refractivity contribution is -0.153. The first-order chi connectivity index (χ1) is 18.4. The lowest BCUT2D eigenvalue weighted by atomic mass is 9.72. The summed E-state index contributed by atoms with van der Waals surface area (Å²) in [5.41, 5.74) is 0.737. The van der Waals surface area contributed by atoms with E-state index >= 15 is 0 Å². The van der Waals surface area contributed by atoms with Gasteiger partial charge in [-0.05, 0) is 84.1 Å². The van der Waals surface area contributed by atoms with Gasteiger partial charge in [-0.3, -0.25) is 9.59 Å². The number of benzene rings is 2. The number of amides is 1. The minimum absolute atomic E-state index is 0.0752. The van der Waals surface area contributed by atoms with Crippen molar-refractivity contribution in [1.29, 1.82) is 0 Å². The molecule has 0 spiro atoms. The monoisotopic (exact) mass is 539 g/mol. The van der Waals surface area contributed by atoms with Gasteiger partial charge in [0.2, 0.25) is 0 Å². The summed E-state index contributed by atoms with van der Waals surface area (Å²) >= 11 is 0. The smallest absolute Gasteiger partial charge is 0.323 e. The van der Waals surface area contributed by atoms with Crippen LogP contribution < -0.4 is 9.47 Å². The molecule has 1 fully saturated rings. The van der Waals surface area contributed by atoms with E-state index < -0.39 is 23.7 Å². The Morgan fingerprint density at radius 1 is 1.18 bits per heavy atom. The number of aliphatic carboxylic acids is 1. The molecule has 2 aliphatic heterocycles. The Labute approximate surface area is 230 Å². The fourth-order valence-electron chi connectivity index (χ4n) is 5.91. The molecule has 0 aromatic heterocycles. The molecule has 8 heteroatoms. The van der Waals surface area contributed by atoms with Crippen molar-refractivity contribution in [2.24, 2.45) is 5.92 Å². The number of carboxylic acids is 1. The zero-order valence-corrected chi connectivity index (χ0v) is 23.6. The topological polar surface area (TPSA) is 106 Å². The van der Waals surface area contributed by atoms with Gasteiger partial charge < -0.3 is 29.3 Å². The van der Waals surface area contributed by atoms with Gasteiger partial charge in [0.1, 0.15) is 23.6 Å². The summed E-state index contributed by atoms with van der Waals surface area (Å²) in [6.45, 7) is 7.48. The van der Waals surface area contributed by atoms with Gasteiger partial charge in [0.25, 0.3) is 5.91 Å². The van der Waals surface area contributed by atoms with Gasteiger partial charge in [-0.1, -0.05) is 18.2 Å². The summed E-state index contributed by atoms with van der Waals surface area (Å²) in [5.74, 6) is -0.106. The third kappa shape index (κ3) is 6.73. The average Bonchev–Trinajstić information content (AvgIpc) is 2.87. The molecule has 0 radical (unpaired) electrons. The van der Waals surface area contributed by atoms with E-state index in [0.29, 0.717) is 23.5 Å². The molecule has 1 saturated heterocycles. The highest BCUT2D eigenvalue weighted by molar-refractivity contribution is 5.96. The molecule has 2 aliphatic rings. The number of methoxy groups -OCH3 is 1. The number of carbonyl (C=O) groups excluding carboxylic acids is 1. The molecule has 2 heterocycles. The molecule has 2 aromatic rings. The third-order valence-electron chi connectivity index (χ3n) is 7.95. The highest BCUT2D eigenvalue weighted by Crippen LogP contribution is 2.52. The molecule has 39 heavy (non-hydrogen) atoms. The minimum Gasteiger partial charge on any atom is -0.496 e. The lowest BCUT2D eigenvalue weighted by Crippen LogP contribution is -2.50. The predicted octanol–water partition coefficient (Wildman–Crippen LogP) is 5.37. The maximum absolute atomic E-state index is 13.7. The first-order valence-corrected chi connectivity index (χ1v) is 13.7. The number of rotatable bonds is 10. The summed E-state index contributed by atoms with van der Waals surface area (Å²) in [7, 11) is 1.55. The summed E-state index contributed by atoms with van der Waals surface area (Å²) < 4.78 is 18.5. The Morgan fingerprint density at radius 3 is 2.62 bits per heavy atom. The van der Waals surface area contributed by atoms with E-state index in [1.807, 2.05) is 32.0 Å². The van der Waals surface area contributed by atoms with Crippen LogP contribution in [0.3, 0.4) is 0 Å². The minimum atomic E-state index is -1.09. The molecular formula is C31H41NO7. The van der Waals surface area contributed by atoms with Crippen molar-refractivity contribution in [3.63, 3.8) is 0 Å². The SMILES string of the molecule is COc1ccccc1CN(CC(=O)O)C(=O)c1ccc2c(c1)[C@@H]1O[C@H](C)CC[C@H]1[C@@](C)(CCCC(C)(C)O)O2. The molecule has 0 saturated carbocycles. The average molecular weight is 540 g/mol. The third-order valence-corrected chi connectivity index (χ3v) is 7.95. The van der Waals surface area contributed by atoms with Crippen LogP contribution in [-0.4, -0.2) is 58.0 Å². The number of hydrogen-bond donors (Lipinski definition) is 2. The Bertz CT molecular complexity index is 1190. The van der Waals surface area contributed by atoms with Crippen molar-refractivity contribution < 1.29 is 34.0 Å². The number of para-hydroxylation sites is 1. The lowest BCUT2D eigenvalue weighted by Gasteiger charge is -2.50. The molecule has 2 aromatic carbocycles. The predicted molar refractivity (Wildman–Crippen MR) is 147 cm³/mol. The van der Waals surface area contributed by atoms with Crippen molar-refractivity contribution >= 4 is 11.9 Å². The number of nitrogens with zero attached hydrogens (tertiary/aromatic N) is 1. The van der Waals surface area contributed by atoms with Gasteiger partial charge in [0.05, 0.1) is 31.5 Å². The van der Waals surface area contributed by atoms with Crippen LogP contribution in [0.2, 0.25) is 0 Å². The van der Waals surface area contributed by atoms with Crippen molar-refractivity contribution in [3.8, 4) is 11.5 Å². The molecule has 4 atom stereocenters. The largest absolute Gasteiger partial charge is 0.496 e. The maximum atomic E-state index is 13.7. The van der Waals surface area contributed by atoms with E-state index in [-0.39, 0.29) is 30.6 Å². The van der Waals surface area contributed by atoms with Crippen LogP contribution in [0.1, 0.15) is 87.4 Å². The number of ether oxygens (including phenoxy) is 3. The number of fused-ring (bicyclic) bond motifs is 3. The van der Waals surface area contributed by atoms with Crippen molar-refractivity contribution in [3.05, 3.63) is 59.2 Å². The van der Waals surface area contributed by atoms with Gasteiger partial charge in [-0.15, -0.1) is 0 Å². The molecule has 0 bridgehead atoms. The fraction of sp³-hybridized carbons (Fsp3) is 0.548. The van der Waals surface area contributed by atoms with Gasteiger partial charge in [-0.25, -0.2) is 0 Å². The number of carbonyl (C=O) groups is 2.